The fourth-order valence-electron chi connectivity index (χ4n) is 2.08. The zero-order chi connectivity index (χ0) is 15.0. The summed E-state index contributed by atoms with van der Waals surface area (Å²) in [7, 11) is 0. The standard InChI is InChI=1S/C14H11Cl2N3O2/c15-9-2-1-8(10(16)5-9)6-19-13(20)7-21-11-3-4-12(17)18-14(11)19/h1-5H,6-7H2,(H2,17,18). The van der Waals surface area contributed by atoms with Gasteiger partial charge in [0.1, 0.15) is 5.82 Å². The number of pyridine rings is 1. The molecule has 0 saturated carbocycles. The molecule has 0 spiro atoms. The van der Waals surface area contributed by atoms with Crippen LogP contribution in [0.15, 0.2) is 30.3 Å². The molecule has 0 saturated heterocycles. The van der Waals surface area contributed by atoms with E-state index in [2.05, 4.69) is 4.98 Å². The molecule has 1 aliphatic rings. The highest BCUT2D eigenvalue weighted by Crippen LogP contribution is 2.33. The zero-order valence-electron chi connectivity index (χ0n) is 10.8. The van der Waals surface area contributed by atoms with Crippen molar-refractivity contribution in [3.05, 3.63) is 45.9 Å². The van der Waals surface area contributed by atoms with Crippen LogP contribution in [0.5, 0.6) is 5.75 Å². The Morgan fingerprint density at radius 1 is 1.29 bits per heavy atom. The van der Waals surface area contributed by atoms with Crippen LogP contribution in [0.3, 0.4) is 0 Å². The Hall–Kier alpha value is -1.98. The Kier molecular flexibility index (Phi) is 3.61. The lowest BCUT2D eigenvalue weighted by Gasteiger charge is -2.28. The average Bonchev–Trinajstić information content (AvgIpc) is 2.44. The molecule has 0 radical (unpaired) electrons. The van der Waals surface area contributed by atoms with E-state index in [0.717, 1.165) is 5.56 Å². The molecule has 3 rings (SSSR count). The number of hydrogen-bond acceptors (Lipinski definition) is 4. The van der Waals surface area contributed by atoms with Gasteiger partial charge in [0, 0.05) is 10.0 Å². The van der Waals surface area contributed by atoms with Gasteiger partial charge in [0.15, 0.2) is 18.2 Å². The molecule has 2 aromatic rings. The lowest BCUT2D eigenvalue weighted by atomic mass is 10.2. The number of anilines is 2. The van der Waals surface area contributed by atoms with E-state index in [1.165, 1.54) is 4.90 Å². The molecule has 0 aliphatic carbocycles. The van der Waals surface area contributed by atoms with Gasteiger partial charge >= 0.3 is 0 Å². The number of aromatic nitrogens is 1. The van der Waals surface area contributed by atoms with E-state index in [-0.39, 0.29) is 19.1 Å². The second-order valence-corrected chi connectivity index (χ2v) is 5.41. The number of benzene rings is 1. The first kappa shape index (κ1) is 14.0. The number of nitrogens with zero attached hydrogens (tertiary/aromatic N) is 2. The van der Waals surface area contributed by atoms with Gasteiger partial charge in [-0.2, -0.15) is 0 Å². The van der Waals surface area contributed by atoms with Crippen molar-refractivity contribution in [3.63, 3.8) is 0 Å². The molecular weight excluding hydrogens is 313 g/mol. The molecule has 1 aliphatic heterocycles. The third-order valence-corrected chi connectivity index (χ3v) is 3.70. The van der Waals surface area contributed by atoms with E-state index in [0.29, 0.717) is 27.4 Å². The normalized spacial score (nSPS) is 13.8. The van der Waals surface area contributed by atoms with E-state index < -0.39 is 0 Å². The second kappa shape index (κ2) is 5.42. The number of halogens is 2. The van der Waals surface area contributed by atoms with Gasteiger partial charge in [0.05, 0.1) is 6.54 Å². The lowest BCUT2D eigenvalue weighted by Crippen LogP contribution is -2.39. The molecule has 108 valence electrons. The Balaban J connectivity index is 1.98. The molecule has 5 nitrogen and oxygen atoms in total. The van der Waals surface area contributed by atoms with Crippen LogP contribution in [0.1, 0.15) is 5.56 Å². The summed E-state index contributed by atoms with van der Waals surface area (Å²) in [6.45, 7) is 0.242. The number of nitrogens with two attached hydrogens (primary N) is 1. The first-order valence-electron chi connectivity index (χ1n) is 6.18. The van der Waals surface area contributed by atoms with Crippen molar-refractivity contribution in [3.8, 4) is 5.75 Å². The van der Waals surface area contributed by atoms with Crippen molar-refractivity contribution in [2.75, 3.05) is 17.2 Å². The molecule has 2 N–H and O–H groups in total. The van der Waals surface area contributed by atoms with Crippen LogP contribution in [0.2, 0.25) is 10.0 Å². The fourth-order valence-corrected chi connectivity index (χ4v) is 2.54. The minimum atomic E-state index is -0.202. The summed E-state index contributed by atoms with van der Waals surface area (Å²) in [6, 6.07) is 8.46. The maximum atomic E-state index is 12.1. The third kappa shape index (κ3) is 2.75. The fraction of sp³-hybridized carbons (Fsp3) is 0.143. The van der Waals surface area contributed by atoms with E-state index >= 15 is 0 Å². The van der Waals surface area contributed by atoms with Crippen molar-refractivity contribution in [2.24, 2.45) is 0 Å². The highest BCUT2D eigenvalue weighted by atomic mass is 35.5. The van der Waals surface area contributed by atoms with Crippen molar-refractivity contribution in [1.29, 1.82) is 0 Å². The van der Waals surface area contributed by atoms with Crippen LogP contribution < -0.4 is 15.4 Å². The number of amides is 1. The summed E-state index contributed by atoms with van der Waals surface area (Å²) in [6.07, 6.45) is 0. The van der Waals surface area contributed by atoms with Gasteiger partial charge in [-0.25, -0.2) is 4.98 Å². The first-order valence-corrected chi connectivity index (χ1v) is 6.94. The van der Waals surface area contributed by atoms with Crippen molar-refractivity contribution < 1.29 is 9.53 Å². The number of ether oxygens (including phenoxy) is 1. The van der Waals surface area contributed by atoms with Gasteiger partial charge in [-0.15, -0.1) is 0 Å². The number of fused-ring (bicyclic) bond motifs is 1. The van der Waals surface area contributed by atoms with Crippen molar-refractivity contribution in [2.45, 2.75) is 6.54 Å². The molecule has 1 aromatic carbocycles. The number of nitrogen functional groups attached to an aromatic ring is 1. The summed E-state index contributed by atoms with van der Waals surface area (Å²) < 4.78 is 5.34. The summed E-state index contributed by atoms with van der Waals surface area (Å²) in [5, 5.41) is 1.03. The van der Waals surface area contributed by atoms with E-state index in [9.17, 15) is 4.79 Å². The van der Waals surface area contributed by atoms with Gasteiger partial charge < -0.3 is 10.5 Å². The number of rotatable bonds is 2. The van der Waals surface area contributed by atoms with Crippen LogP contribution in [-0.2, 0) is 11.3 Å². The SMILES string of the molecule is Nc1ccc2c(n1)N(Cc1ccc(Cl)cc1Cl)C(=O)CO2. The molecule has 7 heteroatoms. The zero-order valence-corrected chi connectivity index (χ0v) is 12.4. The summed E-state index contributed by atoms with van der Waals surface area (Å²) in [5.41, 5.74) is 6.45. The van der Waals surface area contributed by atoms with E-state index in [1.807, 2.05) is 0 Å². The van der Waals surface area contributed by atoms with Crippen LogP contribution in [0.25, 0.3) is 0 Å². The Morgan fingerprint density at radius 2 is 2.10 bits per heavy atom. The maximum absolute atomic E-state index is 12.1. The maximum Gasteiger partial charge on any atom is 0.266 e. The quantitative estimate of drug-likeness (QED) is 0.922. The number of hydrogen-bond donors (Lipinski definition) is 1. The number of carbonyl (C=O) groups is 1. The molecule has 1 amide bonds. The van der Waals surface area contributed by atoms with Crippen LogP contribution in [0, 0.1) is 0 Å². The van der Waals surface area contributed by atoms with Gasteiger partial charge in [-0.3, -0.25) is 9.69 Å². The summed E-state index contributed by atoms with van der Waals surface area (Å²) in [5.74, 6) is 1.04. The number of carbonyl (C=O) groups excluding carboxylic acids is 1. The van der Waals surface area contributed by atoms with Gasteiger partial charge in [-0.1, -0.05) is 29.3 Å². The third-order valence-electron chi connectivity index (χ3n) is 3.11. The molecular formula is C14H11Cl2N3O2. The highest BCUT2D eigenvalue weighted by Gasteiger charge is 2.27. The van der Waals surface area contributed by atoms with Crippen LogP contribution >= 0.6 is 23.2 Å². The largest absolute Gasteiger partial charge is 0.480 e. The first-order chi connectivity index (χ1) is 10.0. The summed E-state index contributed by atoms with van der Waals surface area (Å²) in [4.78, 5) is 17.8. The van der Waals surface area contributed by atoms with Gasteiger partial charge in [0.2, 0.25) is 0 Å². The van der Waals surface area contributed by atoms with E-state index in [4.69, 9.17) is 33.7 Å². The Labute approximate surface area is 131 Å². The van der Waals surface area contributed by atoms with Crippen molar-refractivity contribution >= 4 is 40.7 Å². The monoisotopic (exact) mass is 323 g/mol. The predicted molar refractivity (Wildman–Crippen MR) is 81.8 cm³/mol. The Morgan fingerprint density at radius 3 is 2.86 bits per heavy atom. The molecule has 0 bridgehead atoms. The van der Waals surface area contributed by atoms with Crippen molar-refractivity contribution in [1.82, 2.24) is 4.98 Å². The van der Waals surface area contributed by atoms with Crippen LogP contribution in [-0.4, -0.2) is 17.5 Å². The molecule has 0 atom stereocenters. The molecule has 2 heterocycles. The Bertz CT molecular complexity index is 721. The smallest absolute Gasteiger partial charge is 0.266 e. The van der Waals surface area contributed by atoms with E-state index in [1.54, 1.807) is 30.3 Å². The van der Waals surface area contributed by atoms with Gasteiger partial charge in [0.25, 0.3) is 5.91 Å². The highest BCUT2D eigenvalue weighted by molar-refractivity contribution is 6.35. The predicted octanol–water partition coefficient (Wildman–Crippen LogP) is 2.90. The van der Waals surface area contributed by atoms with Crippen LogP contribution in [0.4, 0.5) is 11.6 Å². The lowest BCUT2D eigenvalue weighted by molar-refractivity contribution is -0.121. The summed E-state index contributed by atoms with van der Waals surface area (Å²) >= 11 is 12.0. The molecule has 1 aromatic heterocycles. The molecule has 0 unspecified atom stereocenters. The molecule has 21 heavy (non-hydrogen) atoms. The topological polar surface area (TPSA) is 68.5 Å². The minimum Gasteiger partial charge on any atom is -0.480 e. The second-order valence-electron chi connectivity index (χ2n) is 4.56. The average molecular weight is 324 g/mol. The minimum absolute atomic E-state index is 0.0379. The van der Waals surface area contributed by atoms with Gasteiger partial charge in [-0.05, 0) is 29.8 Å². The molecule has 0 fully saturated rings.